The van der Waals surface area contributed by atoms with E-state index in [9.17, 15) is 8.42 Å². The molecule has 0 bridgehead atoms. The van der Waals surface area contributed by atoms with Crippen molar-refractivity contribution in [1.29, 1.82) is 0 Å². The van der Waals surface area contributed by atoms with Crippen LogP contribution >= 0.6 is 11.3 Å². The molecule has 0 amide bonds. The lowest BCUT2D eigenvalue weighted by Crippen LogP contribution is -2.35. The van der Waals surface area contributed by atoms with Crippen LogP contribution in [0.25, 0.3) is 10.6 Å². The molecule has 0 saturated heterocycles. The highest BCUT2D eigenvalue weighted by Gasteiger charge is 2.31. The lowest BCUT2D eigenvalue weighted by Gasteiger charge is -2.29. The number of hydrogen-bond donors (Lipinski definition) is 0. The maximum absolute atomic E-state index is 13.3. The van der Waals surface area contributed by atoms with Gasteiger partial charge in [0.25, 0.3) is 10.0 Å². The largest absolute Gasteiger partial charge is 0.440 e. The van der Waals surface area contributed by atoms with Crippen LogP contribution in [-0.4, -0.2) is 19.9 Å². The Labute approximate surface area is 162 Å². The first-order valence-electron chi connectivity index (χ1n) is 9.29. The molecule has 3 aromatic rings. The van der Waals surface area contributed by atoms with Gasteiger partial charge in [-0.3, -0.25) is 4.31 Å². The molecule has 5 rings (SSSR count). The van der Waals surface area contributed by atoms with Gasteiger partial charge in [0.15, 0.2) is 11.7 Å². The fourth-order valence-corrected chi connectivity index (χ4v) is 6.60. The second-order valence-corrected chi connectivity index (χ2v) is 10.3. The summed E-state index contributed by atoms with van der Waals surface area (Å²) < 4.78 is 34.3. The number of fused-ring (bicyclic) bond motifs is 1. The second kappa shape index (κ2) is 6.49. The van der Waals surface area contributed by atoms with Gasteiger partial charge in [0, 0.05) is 12.5 Å². The summed E-state index contributed by atoms with van der Waals surface area (Å²) in [5, 5.41) is 0. The standard InChI is InChI=1S/C20H20N2O3S2/c23-27(24,22-12-4-8-14-5-1-2-9-16(14)22)19-11-10-18(26-19)17-13-21-20(25-17)15-6-3-7-15/h1-2,5,9-11,13,15H,3-4,6-8,12H2. The molecule has 5 nitrogen and oxygen atoms in total. The van der Waals surface area contributed by atoms with E-state index in [2.05, 4.69) is 4.98 Å². The van der Waals surface area contributed by atoms with Crippen LogP contribution in [0.5, 0.6) is 0 Å². The zero-order valence-corrected chi connectivity index (χ0v) is 16.4. The highest BCUT2D eigenvalue weighted by Crippen LogP contribution is 2.40. The molecule has 0 spiro atoms. The van der Waals surface area contributed by atoms with Crippen LogP contribution < -0.4 is 4.31 Å². The molecular weight excluding hydrogens is 380 g/mol. The second-order valence-electron chi connectivity index (χ2n) is 7.12. The van der Waals surface area contributed by atoms with E-state index in [0.717, 1.165) is 47.7 Å². The third kappa shape index (κ3) is 2.89. The maximum Gasteiger partial charge on any atom is 0.273 e. The summed E-state index contributed by atoms with van der Waals surface area (Å²) in [6.07, 6.45) is 6.94. The number of benzene rings is 1. The number of para-hydroxylation sites is 1. The SMILES string of the molecule is O=S(=O)(c1ccc(-c2cnc(C3CCC3)o2)s1)N1CCCc2ccccc21. The molecule has 7 heteroatoms. The third-order valence-corrected chi connectivity index (χ3v) is 8.79. The molecule has 27 heavy (non-hydrogen) atoms. The molecule has 2 aliphatic rings. The molecule has 1 aliphatic heterocycles. The average molecular weight is 401 g/mol. The Bertz CT molecular complexity index is 1080. The molecule has 2 aromatic heterocycles. The number of oxazole rings is 1. The first-order valence-corrected chi connectivity index (χ1v) is 11.6. The highest BCUT2D eigenvalue weighted by molar-refractivity contribution is 7.94. The van der Waals surface area contributed by atoms with Crippen molar-refractivity contribution < 1.29 is 12.8 Å². The maximum atomic E-state index is 13.3. The van der Waals surface area contributed by atoms with Crippen molar-refractivity contribution in [3.63, 3.8) is 0 Å². The lowest BCUT2D eigenvalue weighted by molar-refractivity contribution is 0.338. The number of anilines is 1. The molecule has 3 heterocycles. The molecule has 0 radical (unpaired) electrons. The van der Waals surface area contributed by atoms with Gasteiger partial charge in [-0.25, -0.2) is 13.4 Å². The van der Waals surface area contributed by atoms with Gasteiger partial charge in [0.05, 0.1) is 16.8 Å². The van der Waals surface area contributed by atoms with E-state index in [1.807, 2.05) is 30.3 Å². The number of aryl methyl sites for hydroxylation is 1. The van der Waals surface area contributed by atoms with E-state index in [4.69, 9.17) is 4.42 Å². The highest BCUT2D eigenvalue weighted by atomic mass is 32.2. The molecule has 1 fully saturated rings. The minimum Gasteiger partial charge on any atom is -0.440 e. The Kier molecular flexibility index (Phi) is 4.09. The third-order valence-electron chi connectivity index (χ3n) is 5.41. The topological polar surface area (TPSA) is 63.4 Å². The minimum atomic E-state index is -3.58. The molecule has 0 atom stereocenters. The molecule has 0 unspecified atom stereocenters. The summed E-state index contributed by atoms with van der Waals surface area (Å²) in [5.74, 6) is 1.85. The van der Waals surface area contributed by atoms with E-state index in [-0.39, 0.29) is 0 Å². The normalized spacial score (nSPS) is 17.6. The fourth-order valence-electron chi connectivity index (χ4n) is 3.69. The zero-order chi connectivity index (χ0) is 18.4. The summed E-state index contributed by atoms with van der Waals surface area (Å²) in [6.45, 7) is 0.515. The Morgan fingerprint density at radius 2 is 1.96 bits per heavy atom. The van der Waals surface area contributed by atoms with Crippen molar-refractivity contribution in [3.05, 3.63) is 54.0 Å². The van der Waals surface area contributed by atoms with Gasteiger partial charge in [-0.1, -0.05) is 24.6 Å². The summed E-state index contributed by atoms with van der Waals surface area (Å²) in [4.78, 5) is 5.19. The number of aromatic nitrogens is 1. The van der Waals surface area contributed by atoms with Crippen molar-refractivity contribution in [3.8, 4) is 10.6 Å². The average Bonchev–Trinajstić information content (AvgIpc) is 3.29. The number of rotatable bonds is 4. The van der Waals surface area contributed by atoms with Gasteiger partial charge in [0.2, 0.25) is 0 Å². The Morgan fingerprint density at radius 1 is 1.11 bits per heavy atom. The molecule has 140 valence electrons. The van der Waals surface area contributed by atoms with E-state index >= 15 is 0 Å². The molecule has 1 aliphatic carbocycles. The van der Waals surface area contributed by atoms with Crippen LogP contribution in [0, 0.1) is 0 Å². The van der Waals surface area contributed by atoms with Crippen molar-refractivity contribution in [2.45, 2.75) is 42.2 Å². The van der Waals surface area contributed by atoms with Gasteiger partial charge >= 0.3 is 0 Å². The predicted octanol–water partition coefficient (Wildman–Crippen LogP) is 4.81. The predicted molar refractivity (Wildman–Crippen MR) is 106 cm³/mol. The van der Waals surface area contributed by atoms with Crippen LogP contribution in [0.3, 0.4) is 0 Å². The number of thiophene rings is 1. The van der Waals surface area contributed by atoms with Crippen LogP contribution in [-0.2, 0) is 16.4 Å². The van der Waals surface area contributed by atoms with Crippen LogP contribution in [0.2, 0.25) is 0 Å². The van der Waals surface area contributed by atoms with E-state index < -0.39 is 10.0 Å². The smallest absolute Gasteiger partial charge is 0.273 e. The Morgan fingerprint density at radius 3 is 2.78 bits per heavy atom. The minimum absolute atomic E-state index is 0.343. The van der Waals surface area contributed by atoms with Gasteiger partial charge in [-0.15, -0.1) is 11.3 Å². The van der Waals surface area contributed by atoms with E-state index in [1.54, 1.807) is 16.6 Å². The first kappa shape index (κ1) is 17.0. The fraction of sp³-hybridized carbons (Fsp3) is 0.350. The summed E-state index contributed by atoms with van der Waals surface area (Å²) in [7, 11) is -3.58. The van der Waals surface area contributed by atoms with Crippen molar-refractivity contribution in [2.75, 3.05) is 10.8 Å². The van der Waals surface area contributed by atoms with E-state index in [0.29, 0.717) is 22.4 Å². The number of sulfonamides is 1. The van der Waals surface area contributed by atoms with Gasteiger partial charge in [0.1, 0.15) is 4.21 Å². The molecular formula is C20H20N2O3S2. The zero-order valence-electron chi connectivity index (χ0n) is 14.8. The van der Waals surface area contributed by atoms with Gasteiger partial charge < -0.3 is 4.42 Å². The van der Waals surface area contributed by atoms with Gasteiger partial charge in [-0.2, -0.15) is 0 Å². The van der Waals surface area contributed by atoms with Crippen LogP contribution in [0.4, 0.5) is 5.69 Å². The molecule has 0 N–H and O–H groups in total. The number of nitrogens with zero attached hydrogens (tertiary/aromatic N) is 2. The monoisotopic (exact) mass is 400 g/mol. The summed E-state index contributed by atoms with van der Waals surface area (Å²) in [5.41, 5.74) is 1.88. The summed E-state index contributed by atoms with van der Waals surface area (Å²) in [6, 6.07) is 11.2. The quantitative estimate of drug-likeness (QED) is 0.630. The van der Waals surface area contributed by atoms with Crippen molar-refractivity contribution in [2.24, 2.45) is 0 Å². The summed E-state index contributed by atoms with van der Waals surface area (Å²) >= 11 is 1.25. The van der Waals surface area contributed by atoms with Crippen molar-refractivity contribution in [1.82, 2.24) is 4.98 Å². The van der Waals surface area contributed by atoms with Gasteiger partial charge in [-0.05, 0) is 49.4 Å². The molecule has 1 saturated carbocycles. The Hall–Kier alpha value is -2.12. The van der Waals surface area contributed by atoms with Crippen LogP contribution in [0.1, 0.15) is 43.1 Å². The van der Waals surface area contributed by atoms with E-state index in [1.165, 1.54) is 17.8 Å². The first-order chi connectivity index (χ1) is 13.1. The van der Waals surface area contributed by atoms with Crippen LogP contribution in [0.15, 0.2) is 51.2 Å². The molecule has 1 aromatic carbocycles. The Balaban J connectivity index is 1.46. The van der Waals surface area contributed by atoms with Crippen molar-refractivity contribution >= 4 is 27.0 Å². The number of hydrogen-bond acceptors (Lipinski definition) is 5. The lowest BCUT2D eigenvalue weighted by atomic mass is 9.85.